The van der Waals surface area contributed by atoms with E-state index in [-0.39, 0.29) is 49.3 Å². The second-order valence-electron chi connectivity index (χ2n) is 21.3. The van der Waals surface area contributed by atoms with E-state index in [0.717, 1.165) is 33.4 Å². The summed E-state index contributed by atoms with van der Waals surface area (Å²) < 4.78 is 113. The van der Waals surface area contributed by atoms with E-state index in [4.69, 9.17) is 22.3 Å². The smallest absolute Gasteiger partial charge is 0.148 e. The van der Waals surface area contributed by atoms with Crippen molar-refractivity contribution in [1.82, 2.24) is 14.5 Å². The van der Waals surface area contributed by atoms with Gasteiger partial charge in [-0.25, -0.2) is 4.98 Å². The molecule has 0 atom stereocenters. The number of hydrogen-bond donors (Lipinski definition) is 1. The first-order chi connectivity index (χ1) is 38.8. The van der Waals surface area contributed by atoms with Gasteiger partial charge in [-0.15, -0.1) is 23.8 Å². The van der Waals surface area contributed by atoms with Crippen LogP contribution < -0.4 is 0 Å². The molecule has 4 nitrogen and oxygen atoms in total. The zero-order valence-electron chi connectivity index (χ0n) is 55.6. The predicted octanol–water partition coefficient (Wildman–Crippen LogP) is 18.4. The van der Waals surface area contributed by atoms with Gasteiger partial charge in [0.15, 0.2) is 0 Å². The van der Waals surface area contributed by atoms with Gasteiger partial charge in [-0.3, -0.25) is 9.55 Å². The Balaban J connectivity index is 0.00000940. The summed E-state index contributed by atoms with van der Waals surface area (Å²) in [5.74, 6) is -0.632. The Morgan fingerprint density at radius 2 is 1.28 bits per heavy atom. The summed E-state index contributed by atoms with van der Waals surface area (Å²) in [7, 11) is 0. The summed E-state index contributed by atoms with van der Waals surface area (Å²) in [5, 5.41) is 12.7. The summed E-state index contributed by atoms with van der Waals surface area (Å²) >= 11 is 0. The number of aryl methyl sites for hydroxylation is 1. The van der Waals surface area contributed by atoms with E-state index in [9.17, 15) is 10.6 Å². The van der Waals surface area contributed by atoms with Crippen molar-refractivity contribution < 1.29 is 44.0 Å². The van der Waals surface area contributed by atoms with Crippen molar-refractivity contribution in [2.24, 2.45) is 0 Å². The largest absolute Gasteiger partial charge is 0.507 e. The number of para-hydroxylation sites is 1. The molecular weight excluding hydrogens is 1060 g/mol. The molecule has 0 saturated heterocycles. The number of nitrogens with zero attached hydrogens (tertiary/aromatic N) is 3. The molecule has 7 aromatic carbocycles. The van der Waals surface area contributed by atoms with E-state index in [1.54, 1.807) is 18.3 Å². The van der Waals surface area contributed by atoms with Gasteiger partial charge in [0.25, 0.3) is 0 Å². The van der Waals surface area contributed by atoms with E-state index in [1.165, 1.54) is 24.3 Å². The van der Waals surface area contributed by atoms with Crippen LogP contribution in [0.25, 0.3) is 83.9 Å². The SMILES string of the molecule is [2H]C([2H])([2H])c1cc(-c2c(C(C)C)cccc2C([2H])(C)C)ccc1-n1c(-c2cc(C(C)(C)C)cc(C(C)(C)C)c2O)nc2c(-c3[c-]c(-c4cc(-c5ccc(C(C([2H])([2H])[2H])(C([2H])([2H])[2H])C([2H])([2H])[2H])cc5)ccn4)cc(-c4ccccc4)c3)cccc21.[Pt]. The van der Waals surface area contributed by atoms with Crippen molar-refractivity contribution in [1.29, 1.82) is 0 Å². The second-order valence-corrected chi connectivity index (χ2v) is 21.3. The van der Waals surface area contributed by atoms with E-state index in [2.05, 4.69) is 40.7 Å². The predicted molar refractivity (Wildman–Crippen MR) is 301 cm³/mol. The first kappa shape index (κ1) is 37.4. The molecule has 1 N–H and O–H groups in total. The molecule has 0 spiro atoms. The number of pyridine rings is 1. The van der Waals surface area contributed by atoms with Crippen LogP contribution in [0.15, 0.2) is 152 Å². The van der Waals surface area contributed by atoms with Crippen LogP contribution in [0.1, 0.15) is 153 Å². The summed E-state index contributed by atoms with van der Waals surface area (Å²) in [5.41, 5.74) is 7.48. The number of rotatable bonds is 9. The Labute approximate surface area is 462 Å². The molecule has 72 heavy (non-hydrogen) atoms. The maximum absolute atomic E-state index is 12.7. The summed E-state index contributed by atoms with van der Waals surface area (Å²) in [6, 6.07) is 47.6. The van der Waals surface area contributed by atoms with Crippen LogP contribution in [0.5, 0.6) is 5.75 Å². The third-order valence-electron chi connectivity index (χ3n) is 13.4. The van der Waals surface area contributed by atoms with Crippen molar-refractivity contribution in [3.8, 4) is 78.6 Å². The molecule has 0 saturated carbocycles. The van der Waals surface area contributed by atoms with E-state index < -0.39 is 44.1 Å². The molecule has 0 radical (unpaired) electrons. The van der Waals surface area contributed by atoms with Gasteiger partial charge < -0.3 is 5.11 Å². The molecule has 0 fully saturated rings. The molecule has 0 unspecified atom stereocenters. The number of phenolic OH excluding ortho intramolecular Hbond substituents is 1. The molecule has 0 aliphatic carbocycles. The van der Waals surface area contributed by atoms with Crippen molar-refractivity contribution in [3.63, 3.8) is 0 Å². The number of aromatic nitrogens is 3. The molecule has 9 aromatic rings. The fraction of sp³-hybridized carbons (Fsp3) is 0.284. The fourth-order valence-electron chi connectivity index (χ4n) is 9.55. The van der Waals surface area contributed by atoms with Crippen LogP contribution in [-0.2, 0) is 37.3 Å². The van der Waals surface area contributed by atoms with Gasteiger partial charge in [-0.1, -0.05) is 210 Å². The van der Waals surface area contributed by atoms with Gasteiger partial charge in [0.2, 0.25) is 0 Å². The van der Waals surface area contributed by atoms with E-state index >= 15 is 0 Å². The van der Waals surface area contributed by atoms with Crippen LogP contribution in [-0.4, -0.2) is 19.6 Å². The third-order valence-corrected chi connectivity index (χ3v) is 13.4. The summed E-state index contributed by atoms with van der Waals surface area (Å²) in [4.78, 5) is 10.3. The molecule has 0 bridgehead atoms. The molecule has 9 rings (SSSR count). The minimum atomic E-state index is -3.41. The van der Waals surface area contributed by atoms with Crippen molar-refractivity contribution in [2.75, 3.05) is 0 Å². The number of imidazole rings is 1. The molecule has 2 heterocycles. The van der Waals surface area contributed by atoms with Gasteiger partial charge >= 0.3 is 0 Å². The molecular formula is C67H70N3OPt-. The van der Waals surface area contributed by atoms with Gasteiger partial charge in [0, 0.05) is 56.3 Å². The molecule has 0 amide bonds. The van der Waals surface area contributed by atoms with Crippen LogP contribution >= 0.6 is 0 Å². The van der Waals surface area contributed by atoms with Crippen LogP contribution in [0.4, 0.5) is 0 Å². The Morgan fingerprint density at radius 3 is 1.94 bits per heavy atom. The maximum Gasteiger partial charge on any atom is 0.148 e. The first-order valence-corrected chi connectivity index (χ1v) is 24.2. The fourth-order valence-corrected chi connectivity index (χ4v) is 9.55. The molecule has 0 aliphatic heterocycles. The second kappa shape index (κ2) is 19.9. The molecule has 0 aliphatic rings. The summed E-state index contributed by atoms with van der Waals surface area (Å²) in [6.07, 6.45) is 1.61. The normalized spacial score (nSPS) is 15.7. The van der Waals surface area contributed by atoms with Crippen LogP contribution in [0.2, 0.25) is 0 Å². The van der Waals surface area contributed by atoms with Gasteiger partial charge in [-0.05, 0) is 121 Å². The van der Waals surface area contributed by atoms with Gasteiger partial charge in [0.1, 0.15) is 11.6 Å². The maximum atomic E-state index is 12.7. The van der Waals surface area contributed by atoms with Gasteiger partial charge in [0.05, 0.1) is 22.3 Å². The summed E-state index contributed by atoms with van der Waals surface area (Å²) in [6.45, 7) is 7.37. The minimum Gasteiger partial charge on any atom is -0.507 e. The van der Waals surface area contributed by atoms with Crippen LogP contribution in [0, 0.1) is 12.9 Å². The number of benzene rings is 7. The Bertz CT molecular complexity index is 3910. The van der Waals surface area contributed by atoms with Gasteiger partial charge in [-0.2, -0.15) is 0 Å². The Morgan fingerprint density at radius 1 is 0.597 bits per heavy atom. The number of hydrogen-bond acceptors (Lipinski definition) is 3. The monoisotopic (exact) mass is 1140 g/mol. The first-order valence-electron chi connectivity index (χ1n) is 30.7. The number of phenols is 1. The third kappa shape index (κ3) is 10.2. The number of fused-ring (bicyclic) bond motifs is 1. The van der Waals surface area contributed by atoms with Crippen molar-refractivity contribution in [2.45, 2.75) is 125 Å². The zero-order chi connectivity index (χ0) is 61.7. The van der Waals surface area contributed by atoms with E-state index in [1.807, 2.05) is 148 Å². The average molecular weight is 1140 g/mol. The van der Waals surface area contributed by atoms with Crippen molar-refractivity contribution in [3.05, 3.63) is 191 Å². The van der Waals surface area contributed by atoms with E-state index in [0.29, 0.717) is 72.7 Å². The van der Waals surface area contributed by atoms with Crippen LogP contribution in [0.3, 0.4) is 0 Å². The Kier molecular flexibility index (Phi) is 10.4. The average Bonchev–Trinajstić information content (AvgIpc) is 1.43. The molecule has 370 valence electrons. The standard InChI is InChI=1S/C67H70N3O.Pt/c1-41(2)53-22-18-23-54(42(3)4)61(53)47-28-31-59(43(5)34-47)70-60-25-19-24-55(62(60)69-64(70)56-39-52(66(9,10)11)40-57(63(56)71)67(12,13)14)49-35-48(44-20-16-15-17-21-44)36-50(37-49)58-38-46(32-33-68-58)45-26-29-51(30-27-45)65(6,7)8;/h15-36,38-42,71H,1-14H3;/q-1;/i5D3,6D3,7D3,8D3,41D;. The molecule has 2 aromatic heterocycles. The number of aromatic hydroxyl groups is 1. The quantitative estimate of drug-likeness (QED) is 0.147. The van der Waals surface area contributed by atoms with Crippen molar-refractivity contribution >= 4 is 11.0 Å². The Hall–Kier alpha value is -6.35. The zero-order valence-corrected chi connectivity index (χ0v) is 44.9. The minimum absolute atomic E-state index is 0. The topological polar surface area (TPSA) is 50.9 Å². The molecule has 5 heteroatoms.